The first kappa shape index (κ1) is 14.2. The number of carbonyl (C=O) groups excluding carboxylic acids is 1. The van der Waals surface area contributed by atoms with Crippen LogP contribution in [0.15, 0.2) is 58.2 Å². The Morgan fingerprint density at radius 1 is 1.24 bits per heavy atom. The van der Waals surface area contributed by atoms with Crippen LogP contribution in [0.5, 0.6) is 0 Å². The molecule has 0 saturated carbocycles. The maximum atomic E-state index is 11.9. The number of nitrogens with zero attached hydrogens (tertiary/aromatic N) is 1. The van der Waals surface area contributed by atoms with Gasteiger partial charge in [0.05, 0.1) is 16.8 Å². The van der Waals surface area contributed by atoms with Crippen LogP contribution in [0.3, 0.4) is 0 Å². The molecule has 6 heteroatoms. The topological polar surface area (TPSA) is 57.8 Å². The van der Waals surface area contributed by atoms with Gasteiger partial charge in [0.15, 0.2) is 5.16 Å². The minimum absolute atomic E-state index is 0.0569. The molecular weight excluding hydrogens is 350 g/mol. The highest BCUT2D eigenvalue weighted by molar-refractivity contribution is 9.10. The van der Waals surface area contributed by atoms with E-state index in [9.17, 15) is 4.79 Å². The molecule has 0 aliphatic carbocycles. The predicted molar refractivity (Wildman–Crippen MR) is 89.6 cm³/mol. The van der Waals surface area contributed by atoms with Crippen LogP contribution < -0.4 is 5.32 Å². The summed E-state index contributed by atoms with van der Waals surface area (Å²) in [6.07, 6.45) is 0. The summed E-state index contributed by atoms with van der Waals surface area (Å²) in [6, 6.07) is 15.3. The summed E-state index contributed by atoms with van der Waals surface area (Å²) < 4.78 is 0.935. The Morgan fingerprint density at radius 2 is 2.10 bits per heavy atom. The molecule has 0 saturated heterocycles. The van der Waals surface area contributed by atoms with Gasteiger partial charge in [-0.1, -0.05) is 45.9 Å². The first-order valence-electron chi connectivity index (χ1n) is 6.34. The average Bonchev–Trinajstić information content (AvgIpc) is 2.88. The highest BCUT2D eigenvalue weighted by Crippen LogP contribution is 2.20. The van der Waals surface area contributed by atoms with Crippen molar-refractivity contribution in [2.75, 3.05) is 11.1 Å². The van der Waals surface area contributed by atoms with Crippen molar-refractivity contribution in [3.8, 4) is 0 Å². The van der Waals surface area contributed by atoms with E-state index >= 15 is 0 Å². The van der Waals surface area contributed by atoms with Crippen molar-refractivity contribution < 1.29 is 4.79 Å². The number of imidazole rings is 1. The first-order valence-corrected chi connectivity index (χ1v) is 8.11. The number of halogens is 1. The average molecular weight is 362 g/mol. The summed E-state index contributed by atoms with van der Waals surface area (Å²) >= 11 is 4.76. The lowest BCUT2D eigenvalue weighted by molar-refractivity contribution is -0.113. The molecular formula is C15H12BrN3OS. The van der Waals surface area contributed by atoms with Gasteiger partial charge in [0, 0.05) is 10.2 Å². The summed E-state index contributed by atoms with van der Waals surface area (Å²) in [5.74, 6) is 0.255. The molecule has 1 heterocycles. The Bertz CT molecular complexity index is 754. The summed E-state index contributed by atoms with van der Waals surface area (Å²) in [7, 11) is 0. The van der Waals surface area contributed by atoms with E-state index in [0.717, 1.165) is 26.3 Å². The molecule has 3 aromatic rings. The largest absolute Gasteiger partial charge is 0.333 e. The Balaban J connectivity index is 1.60. The van der Waals surface area contributed by atoms with Gasteiger partial charge in [-0.3, -0.25) is 4.79 Å². The fourth-order valence-electron chi connectivity index (χ4n) is 1.89. The molecule has 106 valence electrons. The zero-order valence-electron chi connectivity index (χ0n) is 11.0. The standard InChI is InChI=1S/C15H12BrN3OS/c16-10-4-3-5-11(8-10)17-14(20)9-21-15-18-12-6-1-2-7-13(12)19-15/h1-8H,9H2,(H,17,20)(H,18,19). The zero-order chi connectivity index (χ0) is 14.7. The summed E-state index contributed by atoms with van der Waals surface area (Å²) in [5, 5.41) is 3.61. The van der Waals surface area contributed by atoms with Crippen molar-refractivity contribution in [2.45, 2.75) is 5.16 Å². The van der Waals surface area contributed by atoms with Crippen LogP contribution >= 0.6 is 27.7 Å². The van der Waals surface area contributed by atoms with Crippen LogP contribution in [0.4, 0.5) is 5.69 Å². The number of hydrogen-bond donors (Lipinski definition) is 2. The third-order valence-electron chi connectivity index (χ3n) is 2.82. The molecule has 2 N–H and O–H groups in total. The van der Waals surface area contributed by atoms with Gasteiger partial charge >= 0.3 is 0 Å². The second-order valence-electron chi connectivity index (χ2n) is 4.41. The number of nitrogens with one attached hydrogen (secondary N) is 2. The van der Waals surface area contributed by atoms with Gasteiger partial charge in [-0.25, -0.2) is 4.98 Å². The van der Waals surface area contributed by atoms with E-state index in [1.165, 1.54) is 11.8 Å². The third-order valence-corrected chi connectivity index (χ3v) is 4.18. The van der Waals surface area contributed by atoms with E-state index in [-0.39, 0.29) is 5.91 Å². The van der Waals surface area contributed by atoms with Crippen molar-refractivity contribution in [1.82, 2.24) is 9.97 Å². The molecule has 1 amide bonds. The van der Waals surface area contributed by atoms with Gasteiger partial charge in [0.25, 0.3) is 0 Å². The molecule has 0 atom stereocenters. The Morgan fingerprint density at radius 3 is 2.90 bits per heavy atom. The minimum atomic E-state index is -0.0569. The molecule has 21 heavy (non-hydrogen) atoms. The van der Waals surface area contributed by atoms with Crippen molar-refractivity contribution in [2.24, 2.45) is 0 Å². The van der Waals surface area contributed by atoms with E-state index in [0.29, 0.717) is 5.75 Å². The lowest BCUT2D eigenvalue weighted by Crippen LogP contribution is -2.14. The second-order valence-corrected chi connectivity index (χ2v) is 6.29. The van der Waals surface area contributed by atoms with Crippen LogP contribution in [-0.2, 0) is 4.79 Å². The minimum Gasteiger partial charge on any atom is -0.333 e. The summed E-state index contributed by atoms with van der Waals surface area (Å²) in [4.78, 5) is 19.5. The predicted octanol–water partition coefficient (Wildman–Crippen LogP) is 4.06. The Hall–Kier alpha value is -1.79. The van der Waals surface area contributed by atoms with Crippen molar-refractivity contribution in [3.63, 3.8) is 0 Å². The van der Waals surface area contributed by atoms with Crippen LogP contribution in [0.1, 0.15) is 0 Å². The fraction of sp³-hybridized carbons (Fsp3) is 0.0667. The lowest BCUT2D eigenvalue weighted by Gasteiger charge is -2.04. The molecule has 0 spiro atoms. The van der Waals surface area contributed by atoms with Crippen LogP contribution in [0.25, 0.3) is 11.0 Å². The smallest absolute Gasteiger partial charge is 0.234 e. The number of amides is 1. The Kier molecular flexibility index (Phi) is 4.26. The van der Waals surface area contributed by atoms with E-state index in [1.807, 2.05) is 48.5 Å². The molecule has 0 aliphatic rings. The maximum absolute atomic E-state index is 11.9. The number of fused-ring (bicyclic) bond motifs is 1. The normalized spacial score (nSPS) is 10.7. The number of carbonyl (C=O) groups is 1. The van der Waals surface area contributed by atoms with Crippen LogP contribution in [0, 0.1) is 0 Å². The number of H-pyrrole nitrogens is 1. The zero-order valence-corrected chi connectivity index (χ0v) is 13.4. The molecule has 0 fully saturated rings. The van der Waals surface area contributed by atoms with Crippen molar-refractivity contribution in [1.29, 1.82) is 0 Å². The molecule has 4 nitrogen and oxygen atoms in total. The highest BCUT2D eigenvalue weighted by atomic mass is 79.9. The second kappa shape index (κ2) is 6.32. The monoisotopic (exact) mass is 361 g/mol. The van der Waals surface area contributed by atoms with E-state index in [1.54, 1.807) is 0 Å². The molecule has 1 aromatic heterocycles. The molecule has 0 radical (unpaired) electrons. The number of aromatic nitrogens is 2. The van der Waals surface area contributed by atoms with Crippen LogP contribution in [0.2, 0.25) is 0 Å². The maximum Gasteiger partial charge on any atom is 0.234 e. The van der Waals surface area contributed by atoms with Gasteiger partial charge in [-0.15, -0.1) is 0 Å². The fourth-order valence-corrected chi connectivity index (χ4v) is 2.98. The van der Waals surface area contributed by atoms with Crippen molar-refractivity contribution in [3.05, 3.63) is 53.0 Å². The SMILES string of the molecule is O=C(CSc1nc2ccccc2[nH]1)Nc1cccc(Br)c1. The molecule has 2 aromatic carbocycles. The number of hydrogen-bond acceptors (Lipinski definition) is 3. The highest BCUT2D eigenvalue weighted by Gasteiger charge is 2.07. The third kappa shape index (κ3) is 3.65. The number of rotatable bonds is 4. The van der Waals surface area contributed by atoms with Gasteiger partial charge < -0.3 is 10.3 Å². The molecule has 0 unspecified atom stereocenters. The van der Waals surface area contributed by atoms with E-state index in [4.69, 9.17) is 0 Å². The lowest BCUT2D eigenvalue weighted by atomic mass is 10.3. The van der Waals surface area contributed by atoms with Crippen LogP contribution in [-0.4, -0.2) is 21.6 Å². The number of thioether (sulfide) groups is 1. The molecule has 3 rings (SSSR count). The van der Waals surface area contributed by atoms with E-state index in [2.05, 4.69) is 31.2 Å². The Labute approximate surface area is 134 Å². The molecule has 0 aliphatic heterocycles. The van der Waals surface area contributed by atoms with Crippen molar-refractivity contribution >= 4 is 50.3 Å². The summed E-state index contributed by atoms with van der Waals surface area (Å²) in [6.45, 7) is 0. The quantitative estimate of drug-likeness (QED) is 0.689. The number of aromatic amines is 1. The molecule has 0 bridgehead atoms. The first-order chi connectivity index (χ1) is 10.2. The van der Waals surface area contributed by atoms with E-state index < -0.39 is 0 Å². The summed E-state index contributed by atoms with van der Waals surface area (Å²) in [5.41, 5.74) is 2.67. The van der Waals surface area contributed by atoms with Gasteiger partial charge in [0.1, 0.15) is 0 Å². The van der Waals surface area contributed by atoms with Gasteiger partial charge in [-0.05, 0) is 30.3 Å². The number of benzene rings is 2. The van der Waals surface area contributed by atoms with Gasteiger partial charge in [-0.2, -0.15) is 0 Å². The number of para-hydroxylation sites is 2. The number of anilines is 1. The van der Waals surface area contributed by atoms with Gasteiger partial charge in [0.2, 0.25) is 5.91 Å².